The molecule has 2 aromatic rings. The molecule has 0 radical (unpaired) electrons. The molecule has 0 saturated heterocycles. The maximum atomic E-state index is 6.21. The maximum Gasteiger partial charge on any atom is 0.125 e. The third-order valence-corrected chi connectivity index (χ3v) is 5.88. The highest BCUT2D eigenvalue weighted by Crippen LogP contribution is 2.41. The molecule has 0 aliphatic heterocycles. The number of imidazole rings is 1. The molecule has 0 bridgehead atoms. The first-order valence-electron chi connectivity index (χ1n) is 7.44. The van der Waals surface area contributed by atoms with Crippen LogP contribution in [0.15, 0.2) is 12.1 Å². The molecule has 1 aliphatic rings. The van der Waals surface area contributed by atoms with E-state index in [1.54, 1.807) is 0 Å². The first kappa shape index (κ1) is 15.5. The van der Waals surface area contributed by atoms with E-state index >= 15 is 0 Å². The molecule has 1 aliphatic carbocycles. The zero-order valence-corrected chi connectivity index (χ0v) is 14.5. The van der Waals surface area contributed by atoms with E-state index < -0.39 is 0 Å². The molecule has 0 N–H and O–H groups in total. The lowest BCUT2D eigenvalue weighted by molar-refractivity contribution is 0.187. The Kier molecular flexibility index (Phi) is 4.40. The van der Waals surface area contributed by atoms with E-state index in [1.807, 2.05) is 12.1 Å². The molecule has 1 aromatic carbocycles. The summed E-state index contributed by atoms with van der Waals surface area (Å²) < 4.78 is 2.30. The summed E-state index contributed by atoms with van der Waals surface area (Å²) in [4.78, 5) is 4.66. The zero-order chi connectivity index (χ0) is 15.1. The largest absolute Gasteiger partial charge is 0.324 e. The van der Waals surface area contributed by atoms with Crippen LogP contribution >= 0.6 is 34.8 Å². The van der Waals surface area contributed by atoms with Gasteiger partial charge in [-0.2, -0.15) is 0 Å². The molecule has 1 heterocycles. The summed E-state index contributed by atoms with van der Waals surface area (Å²) in [6, 6.07) is 4.20. The van der Waals surface area contributed by atoms with E-state index in [0.29, 0.717) is 33.8 Å². The van der Waals surface area contributed by atoms with Gasteiger partial charge in [0.1, 0.15) is 5.82 Å². The lowest BCUT2D eigenvalue weighted by atomic mass is 9.78. The van der Waals surface area contributed by atoms with Gasteiger partial charge in [0, 0.05) is 6.04 Å². The molecule has 2 nitrogen and oxygen atoms in total. The van der Waals surface area contributed by atoms with E-state index in [9.17, 15) is 0 Å². The van der Waals surface area contributed by atoms with Crippen LogP contribution in [0.4, 0.5) is 0 Å². The molecule has 3 rings (SSSR count). The fraction of sp³-hybridized carbons (Fsp3) is 0.562. The molecule has 1 aromatic heterocycles. The van der Waals surface area contributed by atoms with Crippen LogP contribution < -0.4 is 0 Å². The highest BCUT2D eigenvalue weighted by atomic mass is 35.5. The van der Waals surface area contributed by atoms with E-state index in [1.165, 1.54) is 19.3 Å². The average molecular weight is 346 g/mol. The van der Waals surface area contributed by atoms with Gasteiger partial charge in [-0.15, -0.1) is 11.6 Å². The monoisotopic (exact) mass is 344 g/mol. The van der Waals surface area contributed by atoms with Crippen molar-refractivity contribution in [2.75, 3.05) is 0 Å². The number of rotatable bonds is 2. The van der Waals surface area contributed by atoms with Gasteiger partial charge in [0.05, 0.1) is 27.0 Å². The quantitative estimate of drug-likeness (QED) is 0.603. The highest BCUT2D eigenvalue weighted by Gasteiger charge is 2.31. The Bertz CT molecular complexity index is 665. The molecular weight excluding hydrogens is 327 g/mol. The third kappa shape index (κ3) is 2.67. The van der Waals surface area contributed by atoms with E-state index in [-0.39, 0.29) is 0 Å². The summed E-state index contributed by atoms with van der Waals surface area (Å²) in [5, 5.41) is 1.11. The normalized spacial score (nSPS) is 26.4. The van der Waals surface area contributed by atoms with Crippen LogP contribution in [0.1, 0.15) is 45.0 Å². The Morgan fingerprint density at radius 2 is 1.90 bits per heavy atom. The molecule has 5 heteroatoms. The van der Waals surface area contributed by atoms with Crippen LogP contribution in [0.25, 0.3) is 11.0 Å². The minimum absolute atomic E-state index is 0.404. The van der Waals surface area contributed by atoms with Crippen molar-refractivity contribution in [3.05, 3.63) is 28.0 Å². The summed E-state index contributed by atoms with van der Waals surface area (Å²) >= 11 is 18.5. The second kappa shape index (κ2) is 5.98. The minimum atomic E-state index is 0.404. The van der Waals surface area contributed by atoms with Crippen molar-refractivity contribution < 1.29 is 0 Å². The van der Waals surface area contributed by atoms with Crippen LogP contribution in [0, 0.1) is 11.8 Å². The second-order valence-corrected chi connectivity index (χ2v) is 7.20. The molecule has 0 amide bonds. The van der Waals surface area contributed by atoms with Crippen LogP contribution in [0.2, 0.25) is 10.0 Å². The number of benzene rings is 1. The van der Waals surface area contributed by atoms with Gasteiger partial charge >= 0.3 is 0 Å². The SMILES string of the molecule is CC1CCCC(n2c(CCl)nc3cc(Cl)c(Cl)cc32)C1C. The zero-order valence-electron chi connectivity index (χ0n) is 12.2. The van der Waals surface area contributed by atoms with Crippen LogP contribution in [-0.2, 0) is 5.88 Å². The fourth-order valence-electron chi connectivity index (χ4n) is 3.52. The molecule has 1 fully saturated rings. The van der Waals surface area contributed by atoms with Crippen LogP contribution in [0.5, 0.6) is 0 Å². The average Bonchev–Trinajstić information content (AvgIpc) is 2.80. The van der Waals surface area contributed by atoms with Gasteiger partial charge in [0.25, 0.3) is 0 Å². The number of aromatic nitrogens is 2. The van der Waals surface area contributed by atoms with Crippen molar-refractivity contribution in [2.45, 2.75) is 45.0 Å². The Morgan fingerprint density at radius 3 is 2.62 bits per heavy atom. The molecule has 0 spiro atoms. The summed E-state index contributed by atoms with van der Waals surface area (Å²) in [6.07, 6.45) is 3.72. The number of fused-ring (bicyclic) bond motifs is 1. The van der Waals surface area contributed by atoms with Gasteiger partial charge in [-0.25, -0.2) is 4.98 Å². The molecular formula is C16H19Cl3N2. The van der Waals surface area contributed by atoms with Gasteiger partial charge in [-0.3, -0.25) is 0 Å². The lowest BCUT2D eigenvalue weighted by Gasteiger charge is -2.36. The lowest BCUT2D eigenvalue weighted by Crippen LogP contribution is -2.27. The number of hydrogen-bond donors (Lipinski definition) is 0. The van der Waals surface area contributed by atoms with E-state index in [4.69, 9.17) is 34.8 Å². The number of nitrogens with zero attached hydrogens (tertiary/aromatic N) is 2. The van der Waals surface area contributed by atoms with Gasteiger partial charge in [0.15, 0.2) is 0 Å². The van der Waals surface area contributed by atoms with E-state index in [0.717, 1.165) is 16.9 Å². The Balaban J connectivity index is 2.18. The maximum absolute atomic E-state index is 6.21. The predicted octanol–water partition coefficient (Wildman–Crippen LogP) is 6.08. The fourth-order valence-corrected chi connectivity index (χ4v) is 4.03. The van der Waals surface area contributed by atoms with Crippen molar-refractivity contribution in [1.29, 1.82) is 0 Å². The van der Waals surface area contributed by atoms with Gasteiger partial charge in [0.2, 0.25) is 0 Å². The topological polar surface area (TPSA) is 17.8 Å². The Labute approximate surface area is 140 Å². The standard InChI is InChI=1S/C16H19Cl3N2/c1-9-4-3-5-14(10(9)2)21-15-7-12(19)11(18)6-13(15)20-16(21)8-17/h6-7,9-10,14H,3-5,8H2,1-2H3. The van der Waals surface area contributed by atoms with Gasteiger partial charge in [-0.1, -0.05) is 49.9 Å². The van der Waals surface area contributed by atoms with Gasteiger partial charge < -0.3 is 4.57 Å². The van der Waals surface area contributed by atoms with Crippen molar-refractivity contribution in [3.8, 4) is 0 Å². The summed E-state index contributed by atoms with van der Waals surface area (Å²) in [5.41, 5.74) is 1.93. The second-order valence-electron chi connectivity index (χ2n) is 6.12. The summed E-state index contributed by atoms with van der Waals surface area (Å²) in [6.45, 7) is 4.66. The first-order valence-corrected chi connectivity index (χ1v) is 8.73. The van der Waals surface area contributed by atoms with Crippen molar-refractivity contribution in [3.63, 3.8) is 0 Å². The predicted molar refractivity (Wildman–Crippen MR) is 90.5 cm³/mol. The number of hydrogen-bond acceptors (Lipinski definition) is 1. The van der Waals surface area contributed by atoms with Crippen LogP contribution in [-0.4, -0.2) is 9.55 Å². The van der Waals surface area contributed by atoms with E-state index in [2.05, 4.69) is 23.4 Å². The third-order valence-electron chi connectivity index (χ3n) is 4.92. The Morgan fingerprint density at radius 1 is 1.19 bits per heavy atom. The first-order chi connectivity index (χ1) is 10.0. The number of halogens is 3. The minimum Gasteiger partial charge on any atom is -0.324 e. The number of alkyl halides is 1. The Hall–Kier alpha value is -0.440. The summed E-state index contributed by atoms with van der Waals surface area (Å²) in [7, 11) is 0. The summed E-state index contributed by atoms with van der Waals surface area (Å²) in [5.74, 6) is 2.64. The van der Waals surface area contributed by atoms with Crippen molar-refractivity contribution >= 4 is 45.8 Å². The smallest absolute Gasteiger partial charge is 0.125 e. The van der Waals surface area contributed by atoms with Gasteiger partial charge in [-0.05, 0) is 30.4 Å². The molecule has 21 heavy (non-hydrogen) atoms. The van der Waals surface area contributed by atoms with Crippen molar-refractivity contribution in [2.24, 2.45) is 11.8 Å². The molecule has 3 atom stereocenters. The molecule has 1 saturated carbocycles. The van der Waals surface area contributed by atoms with Crippen LogP contribution in [0.3, 0.4) is 0 Å². The van der Waals surface area contributed by atoms with Crippen molar-refractivity contribution in [1.82, 2.24) is 9.55 Å². The molecule has 114 valence electrons. The highest BCUT2D eigenvalue weighted by molar-refractivity contribution is 6.42. The molecule has 3 unspecified atom stereocenters.